The van der Waals surface area contributed by atoms with Crippen molar-refractivity contribution in [2.75, 3.05) is 12.3 Å². The van der Waals surface area contributed by atoms with Gasteiger partial charge in [-0.1, -0.05) is 0 Å². The molecule has 30 heavy (non-hydrogen) atoms. The van der Waals surface area contributed by atoms with Crippen LogP contribution in [-0.2, 0) is 16.0 Å². The van der Waals surface area contributed by atoms with Crippen molar-refractivity contribution < 1.29 is 35.0 Å². The SMILES string of the molecule is Nc1nc2c(c(CNC3C(O)C(O)C4OC34)cn2C2OC(CO)C(O)C2O)c(=O)[nH]1. The average molecular weight is 425 g/mol. The van der Waals surface area contributed by atoms with E-state index in [1.165, 1.54) is 10.8 Å². The number of nitrogens with one attached hydrogen (secondary N) is 2. The van der Waals surface area contributed by atoms with Crippen molar-refractivity contribution in [3.63, 3.8) is 0 Å². The Morgan fingerprint density at radius 1 is 1.13 bits per heavy atom. The number of hydrogen-bond acceptors (Lipinski definition) is 11. The summed E-state index contributed by atoms with van der Waals surface area (Å²) < 4.78 is 12.3. The van der Waals surface area contributed by atoms with E-state index in [9.17, 15) is 30.3 Å². The molecule has 2 aliphatic heterocycles. The van der Waals surface area contributed by atoms with Gasteiger partial charge in [0, 0.05) is 12.7 Å². The first-order valence-corrected chi connectivity index (χ1v) is 9.58. The molecule has 9 unspecified atom stereocenters. The minimum atomic E-state index is -1.37. The molecule has 4 heterocycles. The van der Waals surface area contributed by atoms with Crippen LogP contribution in [0.3, 0.4) is 0 Å². The normalized spacial score (nSPS) is 40.2. The molecule has 164 valence electrons. The summed E-state index contributed by atoms with van der Waals surface area (Å²) in [6.45, 7) is -0.378. The zero-order valence-corrected chi connectivity index (χ0v) is 15.6. The molecule has 5 rings (SSSR count). The van der Waals surface area contributed by atoms with Gasteiger partial charge in [0.1, 0.15) is 42.7 Å². The third-order valence-electron chi connectivity index (χ3n) is 6.07. The molecule has 1 saturated carbocycles. The van der Waals surface area contributed by atoms with Gasteiger partial charge in [0.15, 0.2) is 11.9 Å². The Morgan fingerprint density at radius 2 is 1.90 bits per heavy atom. The lowest BCUT2D eigenvalue weighted by Crippen LogP contribution is -2.44. The second-order valence-corrected chi connectivity index (χ2v) is 7.89. The van der Waals surface area contributed by atoms with Crippen molar-refractivity contribution in [3.05, 3.63) is 22.1 Å². The molecule has 9 atom stereocenters. The fourth-order valence-corrected chi connectivity index (χ4v) is 4.45. The predicted octanol–water partition coefficient (Wildman–Crippen LogP) is -4.12. The van der Waals surface area contributed by atoms with Crippen LogP contribution in [-0.4, -0.2) is 95.4 Å². The monoisotopic (exact) mass is 425 g/mol. The number of hydrogen-bond donors (Lipinski definition) is 8. The quantitative estimate of drug-likeness (QED) is 0.216. The highest BCUT2D eigenvalue weighted by atomic mass is 16.6. The number of anilines is 1. The molecule has 3 aliphatic rings. The van der Waals surface area contributed by atoms with Crippen molar-refractivity contribution in [2.45, 2.75) is 61.5 Å². The molecule has 0 bridgehead atoms. The minimum Gasteiger partial charge on any atom is -0.394 e. The molecule has 2 aromatic heterocycles. The van der Waals surface area contributed by atoms with Crippen LogP contribution in [0.5, 0.6) is 0 Å². The van der Waals surface area contributed by atoms with Crippen LogP contribution < -0.4 is 16.6 Å². The lowest BCUT2D eigenvalue weighted by Gasteiger charge is -2.20. The molecular weight excluding hydrogens is 402 g/mol. The van der Waals surface area contributed by atoms with Gasteiger partial charge in [-0.3, -0.25) is 9.78 Å². The molecule has 0 amide bonds. The summed E-state index contributed by atoms with van der Waals surface area (Å²) in [5, 5.41) is 53.1. The van der Waals surface area contributed by atoms with Crippen molar-refractivity contribution >= 4 is 17.0 Å². The highest BCUT2D eigenvalue weighted by molar-refractivity contribution is 5.80. The fourth-order valence-electron chi connectivity index (χ4n) is 4.45. The van der Waals surface area contributed by atoms with Gasteiger partial charge in [-0.2, -0.15) is 4.98 Å². The first kappa shape index (κ1) is 19.8. The number of nitrogens with two attached hydrogens (primary N) is 1. The van der Waals surface area contributed by atoms with E-state index in [2.05, 4.69) is 15.3 Å². The molecule has 1 aliphatic carbocycles. The highest BCUT2D eigenvalue weighted by Crippen LogP contribution is 2.39. The van der Waals surface area contributed by atoms with Gasteiger partial charge in [-0.15, -0.1) is 0 Å². The Kier molecular flexibility index (Phi) is 4.61. The number of aromatic amines is 1. The number of nitrogen functional groups attached to an aromatic ring is 1. The molecule has 13 nitrogen and oxygen atoms in total. The van der Waals surface area contributed by atoms with Crippen molar-refractivity contribution in [3.8, 4) is 0 Å². The smallest absolute Gasteiger partial charge is 0.262 e. The molecule has 0 radical (unpaired) electrons. The molecule has 2 aromatic rings. The topological polar surface area (TPSA) is 212 Å². The van der Waals surface area contributed by atoms with Crippen LogP contribution in [0.4, 0.5) is 5.95 Å². The van der Waals surface area contributed by atoms with Crippen LogP contribution in [0.2, 0.25) is 0 Å². The molecule has 0 spiro atoms. The number of epoxide rings is 1. The van der Waals surface area contributed by atoms with E-state index in [-0.39, 0.29) is 29.6 Å². The van der Waals surface area contributed by atoms with E-state index in [0.29, 0.717) is 5.56 Å². The zero-order valence-electron chi connectivity index (χ0n) is 15.6. The predicted molar refractivity (Wildman–Crippen MR) is 99.1 cm³/mol. The number of aromatic nitrogens is 3. The molecule has 9 N–H and O–H groups in total. The molecule has 2 saturated heterocycles. The first-order valence-electron chi connectivity index (χ1n) is 9.58. The summed E-state index contributed by atoms with van der Waals surface area (Å²) in [6.07, 6.45) is -5.95. The lowest BCUT2D eigenvalue weighted by molar-refractivity contribution is -0.0509. The van der Waals surface area contributed by atoms with Gasteiger partial charge in [0.25, 0.3) is 5.56 Å². The van der Waals surface area contributed by atoms with E-state index in [1.807, 2.05) is 0 Å². The third-order valence-corrected chi connectivity index (χ3v) is 6.07. The molecule has 13 heteroatoms. The number of aliphatic hydroxyl groups is 5. The van der Waals surface area contributed by atoms with Gasteiger partial charge in [0.05, 0.1) is 18.0 Å². The third kappa shape index (κ3) is 2.86. The maximum atomic E-state index is 12.6. The Bertz CT molecular complexity index is 1030. The van der Waals surface area contributed by atoms with Gasteiger partial charge < -0.3 is 50.6 Å². The maximum Gasteiger partial charge on any atom is 0.262 e. The van der Waals surface area contributed by atoms with E-state index in [1.54, 1.807) is 0 Å². The molecule has 3 fully saturated rings. The number of nitrogens with zero attached hydrogens (tertiary/aromatic N) is 2. The van der Waals surface area contributed by atoms with Crippen molar-refractivity contribution in [1.82, 2.24) is 19.9 Å². The Morgan fingerprint density at radius 3 is 2.53 bits per heavy atom. The zero-order chi connectivity index (χ0) is 21.3. The van der Waals surface area contributed by atoms with E-state index >= 15 is 0 Å². The summed E-state index contributed by atoms with van der Waals surface area (Å²) in [5.74, 6) is -0.137. The highest BCUT2D eigenvalue weighted by Gasteiger charge is 2.61. The van der Waals surface area contributed by atoms with Crippen LogP contribution in [0, 0.1) is 0 Å². The summed E-state index contributed by atoms with van der Waals surface area (Å²) in [4.78, 5) is 19.1. The Hall–Kier alpha value is -2.10. The number of aliphatic hydroxyl groups excluding tert-OH is 5. The standard InChI is InChI=1S/C17H23N5O8/c18-17-20-14-6(15(28)21-17)4(1-19-7-9(25)10(26)13-12(7)30-13)2-22(14)16-11(27)8(24)5(3-23)29-16/h2,5,7-13,16,19,23-27H,1,3H2,(H3,18,20,21,28). The van der Waals surface area contributed by atoms with Gasteiger partial charge in [-0.05, 0) is 5.56 Å². The van der Waals surface area contributed by atoms with Gasteiger partial charge in [0.2, 0.25) is 5.95 Å². The Balaban J connectivity index is 1.49. The first-order chi connectivity index (χ1) is 14.3. The second kappa shape index (κ2) is 6.96. The lowest BCUT2D eigenvalue weighted by atomic mass is 10.1. The van der Waals surface area contributed by atoms with Gasteiger partial charge >= 0.3 is 0 Å². The fraction of sp³-hybridized carbons (Fsp3) is 0.647. The van der Waals surface area contributed by atoms with Crippen molar-refractivity contribution in [1.29, 1.82) is 0 Å². The average Bonchev–Trinajstić information content (AvgIpc) is 3.26. The van der Waals surface area contributed by atoms with Crippen LogP contribution in [0.15, 0.2) is 11.0 Å². The summed E-state index contributed by atoms with van der Waals surface area (Å²) in [6, 6.07) is -0.516. The maximum absolute atomic E-state index is 12.6. The number of ether oxygens (including phenoxy) is 2. The number of rotatable bonds is 5. The van der Waals surface area contributed by atoms with Crippen LogP contribution in [0.1, 0.15) is 11.8 Å². The Labute approximate surface area is 168 Å². The van der Waals surface area contributed by atoms with E-state index in [4.69, 9.17) is 15.2 Å². The number of fused-ring (bicyclic) bond motifs is 2. The summed E-state index contributed by atoms with van der Waals surface area (Å²) in [7, 11) is 0. The van der Waals surface area contributed by atoms with E-state index < -0.39 is 61.1 Å². The number of H-pyrrole nitrogens is 1. The molecular formula is C17H23N5O8. The van der Waals surface area contributed by atoms with E-state index in [0.717, 1.165) is 0 Å². The summed E-state index contributed by atoms with van der Waals surface area (Å²) in [5.41, 5.74) is 5.78. The summed E-state index contributed by atoms with van der Waals surface area (Å²) >= 11 is 0. The van der Waals surface area contributed by atoms with Crippen LogP contribution in [0.25, 0.3) is 11.0 Å². The molecule has 0 aromatic carbocycles. The van der Waals surface area contributed by atoms with Crippen LogP contribution >= 0.6 is 0 Å². The largest absolute Gasteiger partial charge is 0.394 e. The van der Waals surface area contributed by atoms with Gasteiger partial charge in [-0.25, -0.2) is 0 Å². The van der Waals surface area contributed by atoms with Crippen molar-refractivity contribution in [2.24, 2.45) is 0 Å². The minimum absolute atomic E-state index is 0.119. The second-order valence-electron chi connectivity index (χ2n) is 7.89.